The molecule has 0 saturated heterocycles. The van der Waals surface area contributed by atoms with Crippen molar-refractivity contribution in [3.63, 3.8) is 0 Å². The molecule has 0 bridgehead atoms. The van der Waals surface area contributed by atoms with Gasteiger partial charge in [-0.25, -0.2) is 16.8 Å². The summed E-state index contributed by atoms with van der Waals surface area (Å²) in [5.74, 6) is 0. The molecule has 9 heteroatoms. The van der Waals surface area contributed by atoms with E-state index in [0.29, 0.717) is 0 Å². The third-order valence-electron chi connectivity index (χ3n) is 2.43. The molecule has 112 valence electrons. The quantitative estimate of drug-likeness (QED) is 0.913. The van der Waals surface area contributed by atoms with Crippen molar-refractivity contribution >= 4 is 37.1 Å². The van der Waals surface area contributed by atoms with Crippen molar-refractivity contribution in [2.24, 2.45) is 0 Å². The average Bonchev–Trinajstić information content (AvgIpc) is 2.37. The Morgan fingerprint density at radius 2 is 1.81 bits per heavy atom. The van der Waals surface area contributed by atoms with Gasteiger partial charge in [-0.15, -0.1) is 0 Å². The molecule has 0 atom stereocenters. The van der Waals surface area contributed by atoms with E-state index in [1.165, 1.54) is 42.7 Å². The molecule has 0 saturated carbocycles. The molecule has 0 aliphatic carbocycles. The number of hydrogen-bond acceptors (Lipinski definition) is 5. The zero-order chi connectivity index (χ0) is 15.7. The normalized spacial score (nSPS) is 12.1. The van der Waals surface area contributed by atoms with E-state index in [0.717, 1.165) is 6.26 Å². The lowest BCUT2D eigenvalue weighted by molar-refractivity contribution is 0.595. The maximum Gasteiger partial charge on any atom is 0.229 e. The van der Waals surface area contributed by atoms with Crippen molar-refractivity contribution < 1.29 is 16.8 Å². The SMILES string of the molecule is CS(=O)(=O)Nc1cc(Cl)cc(S(=O)(=O)c2cccnc2)c1. The molecule has 21 heavy (non-hydrogen) atoms. The minimum Gasteiger partial charge on any atom is -0.284 e. The van der Waals surface area contributed by atoms with Gasteiger partial charge in [-0.05, 0) is 30.3 Å². The second kappa shape index (κ2) is 5.63. The van der Waals surface area contributed by atoms with E-state index < -0.39 is 19.9 Å². The third kappa shape index (κ3) is 3.93. The highest BCUT2D eigenvalue weighted by molar-refractivity contribution is 7.92. The van der Waals surface area contributed by atoms with Crippen LogP contribution < -0.4 is 4.72 Å². The molecule has 1 aromatic carbocycles. The van der Waals surface area contributed by atoms with Crippen LogP contribution in [0.5, 0.6) is 0 Å². The lowest BCUT2D eigenvalue weighted by atomic mass is 10.3. The molecule has 1 N–H and O–H groups in total. The van der Waals surface area contributed by atoms with Gasteiger partial charge in [0.15, 0.2) is 0 Å². The molecule has 0 aliphatic heterocycles. The van der Waals surface area contributed by atoms with Gasteiger partial charge in [-0.2, -0.15) is 0 Å². The fourth-order valence-corrected chi connectivity index (χ4v) is 3.77. The van der Waals surface area contributed by atoms with Crippen molar-refractivity contribution in [2.75, 3.05) is 11.0 Å². The molecule has 0 unspecified atom stereocenters. The fraction of sp³-hybridized carbons (Fsp3) is 0.0833. The van der Waals surface area contributed by atoms with Crippen LogP contribution >= 0.6 is 11.6 Å². The highest BCUT2D eigenvalue weighted by Crippen LogP contribution is 2.27. The lowest BCUT2D eigenvalue weighted by Gasteiger charge is -2.09. The Balaban J connectivity index is 2.55. The van der Waals surface area contributed by atoms with Crippen LogP contribution in [0.25, 0.3) is 0 Å². The van der Waals surface area contributed by atoms with Crippen molar-refractivity contribution in [3.05, 3.63) is 47.7 Å². The zero-order valence-electron chi connectivity index (χ0n) is 10.8. The van der Waals surface area contributed by atoms with Crippen LogP contribution in [0.4, 0.5) is 5.69 Å². The first-order chi connectivity index (χ1) is 9.68. The van der Waals surface area contributed by atoms with Crippen molar-refractivity contribution in [1.29, 1.82) is 0 Å². The number of nitrogens with zero attached hydrogens (tertiary/aromatic N) is 1. The van der Waals surface area contributed by atoms with Gasteiger partial charge in [0, 0.05) is 17.4 Å². The van der Waals surface area contributed by atoms with Gasteiger partial charge >= 0.3 is 0 Å². The smallest absolute Gasteiger partial charge is 0.229 e. The Kier molecular flexibility index (Phi) is 4.22. The predicted octanol–water partition coefficient (Wildman–Crippen LogP) is 1.94. The number of hydrogen-bond donors (Lipinski definition) is 1. The molecule has 1 heterocycles. The molecule has 6 nitrogen and oxygen atoms in total. The standard InChI is InChI=1S/C12H11ClN2O4S2/c1-20(16,17)15-10-5-9(13)6-12(7-10)21(18,19)11-3-2-4-14-8-11/h2-8,15H,1H3. The largest absolute Gasteiger partial charge is 0.284 e. The Morgan fingerprint density at radius 3 is 2.38 bits per heavy atom. The number of pyridine rings is 1. The Morgan fingerprint density at radius 1 is 1.10 bits per heavy atom. The van der Waals surface area contributed by atoms with Gasteiger partial charge in [0.25, 0.3) is 0 Å². The highest BCUT2D eigenvalue weighted by Gasteiger charge is 2.19. The Labute approximate surface area is 127 Å². The number of sulfone groups is 1. The van der Waals surface area contributed by atoms with E-state index >= 15 is 0 Å². The highest BCUT2D eigenvalue weighted by atomic mass is 35.5. The molecule has 0 radical (unpaired) electrons. The van der Waals surface area contributed by atoms with E-state index in [-0.39, 0.29) is 20.5 Å². The van der Waals surface area contributed by atoms with E-state index in [1.54, 1.807) is 0 Å². The number of aromatic nitrogens is 1. The number of rotatable bonds is 4. The molecule has 2 aromatic rings. The van der Waals surface area contributed by atoms with Gasteiger partial charge in [-0.3, -0.25) is 9.71 Å². The number of sulfonamides is 1. The molecule has 2 rings (SSSR count). The van der Waals surface area contributed by atoms with Crippen LogP contribution in [0.1, 0.15) is 0 Å². The zero-order valence-corrected chi connectivity index (χ0v) is 13.2. The van der Waals surface area contributed by atoms with Crippen LogP contribution in [0.3, 0.4) is 0 Å². The number of benzene rings is 1. The van der Waals surface area contributed by atoms with Crippen molar-refractivity contribution in [2.45, 2.75) is 9.79 Å². The number of nitrogens with one attached hydrogen (secondary N) is 1. The number of anilines is 1. The van der Waals surface area contributed by atoms with E-state index in [9.17, 15) is 16.8 Å². The van der Waals surface area contributed by atoms with Gasteiger partial charge in [0.1, 0.15) is 0 Å². The predicted molar refractivity (Wildman–Crippen MR) is 79.6 cm³/mol. The number of halogens is 1. The van der Waals surface area contributed by atoms with Gasteiger partial charge in [0.05, 0.1) is 21.7 Å². The molecular formula is C12H11ClN2O4S2. The molecule has 0 amide bonds. The summed E-state index contributed by atoms with van der Waals surface area (Å²) in [6.45, 7) is 0. The summed E-state index contributed by atoms with van der Waals surface area (Å²) in [4.78, 5) is 3.64. The summed E-state index contributed by atoms with van der Waals surface area (Å²) >= 11 is 5.86. The van der Waals surface area contributed by atoms with E-state index in [1.807, 2.05) is 0 Å². The first kappa shape index (κ1) is 15.7. The van der Waals surface area contributed by atoms with Crippen LogP contribution in [-0.2, 0) is 19.9 Å². The third-order valence-corrected chi connectivity index (χ3v) is 4.97. The molecular weight excluding hydrogens is 336 g/mol. The maximum atomic E-state index is 12.4. The maximum absolute atomic E-state index is 12.4. The monoisotopic (exact) mass is 346 g/mol. The summed E-state index contributed by atoms with van der Waals surface area (Å²) in [7, 11) is -7.36. The molecule has 0 spiro atoms. The fourth-order valence-electron chi connectivity index (χ4n) is 1.63. The van der Waals surface area contributed by atoms with Crippen LogP contribution in [0.2, 0.25) is 5.02 Å². The van der Waals surface area contributed by atoms with Crippen LogP contribution in [-0.4, -0.2) is 28.1 Å². The first-order valence-corrected chi connectivity index (χ1v) is 9.37. The van der Waals surface area contributed by atoms with Gasteiger partial charge in [0.2, 0.25) is 19.9 Å². The topological polar surface area (TPSA) is 93.2 Å². The summed E-state index contributed by atoms with van der Waals surface area (Å²) < 4.78 is 49.5. The van der Waals surface area contributed by atoms with E-state index in [2.05, 4.69) is 9.71 Å². The summed E-state index contributed by atoms with van der Waals surface area (Å²) in [5.41, 5.74) is 0.0764. The molecule has 0 aliphatic rings. The van der Waals surface area contributed by atoms with Gasteiger partial charge in [-0.1, -0.05) is 11.6 Å². The summed E-state index contributed by atoms with van der Waals surface area (Å²) in [6.07, 6.45) is 3.62. The Bertz CT molecular complexity index is 865. The second-order valence-corrected chi connectivity index (χ2v) is 8.38. The molecule has 0 fully saturated rings. The minimum absolute atomic E-state index is 0.00225. The second-order valence-electron chi connectivity index (χ2n) is 4.24. The van der Waals surface area contributed by atoms with Crippen LogP contribution in [0.15, 0.2) is 52.5 Å². The van der Waals surface area contributed by atoms with E-state index in [4.69, 9.17) is 11.6 Å². The Hall–Kier alpha value is -1.64. The van der Waals surface area contributed by atoms with Crippen molar-refractivity contribution in [1.82, 2.24) is 4.98 Å². The average molecular weight is 347 g/mol. The first-order valence-electron chi connectivity index (χ1n) is 5.62. The van der Waals surface area contributed by atoms with Crippen molar-refractivity contribution in [3.8, 4) is 0 Å². The summed E-state index contributed by atoms with van der Waals surface area (Å²) in [6, 6.07) is 6.66. The van der Waals surface area contributed by atoms with Gasteiger partial charge < -0.3 is 0 Å². The summed E-state index contributed by atoms with van der Waals surface area (Å²) in [5, 5.41) is 0.103. The lowest BCUT2D eigenvalue weighted by Crippen LogP contribution is -2.10. The van der Waals surface area contributed by atoms with Crippen LogP contribution in [0, 0.1) is 0 Å². The minimum atomic E-state index is -3.82. The molecule has 1 aromatic heterocycles.